The lowest BCUT2D eigenvalue weighted by Crippen LogP contribution is -2.19. The Morgan fingerprint density at radius 2 is 2.21 bits per heavy atom. The zero-order valence-corrected chi connectivity index (χ0v) is 9.18. The van der Waals surface area contributed by atoms with E-state index in [4.69, 9.17) is 0 Å². The van der Waals surface area contributed by atoms with Crippen LogP contribution >= 0.6 is 0 Å². The fraction of sp³-hybridized carbons (Fsp3) is 0.889. The van der Waals surface area contributed by atoms with Gasteiger partial charge in [-0.05, 0) is 19.3 Å². The fourth-order valence-electron chi connectivity index (χ4n) is 1.67. The van der Waals surface area contributed by atoms with Gasteiger partial charge in [0.2, 0.25) is 0 Å². The first kappa shape index (κ1) is 10.1. The molecule has 1 saturated carbocycles. The van der Waals surface area contributed by atoms with Crippen LogP contribution in [-0.2, 0) is 10.0 Å². The summed E-state index contributed by atoms with van der Waals surface area (Å²) in [6.45, 7) is 2.74. The van der Waals surface area contributed by atoms with E-state index in [0.29, 0.717) is 12.6 Å². The third-order valence-electron chi connectivity index (χ3n) is 2.77. The van der Waals surface area contributed by atoms with E-state index in [9.17, 15) is 8.42 Å². The average Bonchev–Trinajstić information content (AvgIpc) is 2.89. The van der Waals surface area contributed by atoms with Crippen LogP contribution in [0.4, 0.5) is 0 Å². The van der Waals surface area contributed by atoms with E-state index in [1.165, 1.54) is 0 Å². The van der Waals surface area contributed by atoms with E-state index >= 15 is 0 Å². The summed E-state index contributed by atoms with van der Waals surface area (Å²) in [4.78, 5) is 0. The maximum Gasteiger partial charge on any atom is 0.255 e. The summed E-state index contributed by atoms with van der Waals surface area (Å²) in [6.07, 6.45) is 3.42. The molecule has 1 atom stereocenters. The third kappa shape index (κ3) is 2.15. The second kappa shape index (κ2) is 3.62. The molecule has 1 aliphatic carbocycles. The van der Waals surface area contributed by atoms with Gasteiger partial charge in [0.25, 0.3) is 10.0 Å². The number of hydrogen-bond donors (Lipinski definition) is 1. The number of hydrogen-bond acceptors (Lipinski definition) is 3. The zero-order valence-electron chi connectivity index (χ0n) is 8.36. The SMILES string of the molecule is CC[C@@H]1CC(=NS(=O)(=O)C2CC2)CN1. The number of nitrogens with one attached hydrogen (secondary N) is 1. The highest BCUT2D eigenvalue weighted by atomic mass is 32.2. The minimum Gasteiger partial charge on any atom is -0.308 e. The van der Waals surface area contributed by atoms with Crippen molar-refractivity contribution in [3.8, 4) is 0 Å². The molecule has 1 N–H and O–H groups in total. The summed E-state index contributed by atoms with van der Waals surface area (Å²) in [5, 5.41) is 3.07. The molecule has 0 aromatic carbocycles. The molecule has 0 bridgehead atoms. The van der Waals surface area contributed by atoms with Crippen molar-refractivity contribution in [3.05, 3.63) is 0 Å². The van der Waals surface area contributed by atoms with Gasteiger partial charge in [0.1, 0.15) is 0 Å². The Morgan fingerprint density at radius 1 is 1.50 bits per heavy atom. The summed E-state index contributed by atoms with van der Waals surface area (Å²) >= 11 is 0. The molecule has 2 fully saturated rings. The van der Waals surface area contributed by atoms with Gasteiger partial charge in [-0.25, -0.2) is 8.42 Å². The van der Waals surface area contributed by atoms with Gasteiger partial charge in [0.15, 0.2) is 0 Å². The quantitative estimate of drug-likeness (QED) is 0.755. The largest absolute Gasteiger partial charge is 0.308 e. The van der Waals surface area contributed by atoms with Crippen LogP contribution in [0.15, 0.2) is 4.40 Å². The van der Waals surface area contributed by atoms with Crippen molar-refractivity contribution in [1.82, 2.24) is 5.32 Å². The van der Waals surface area contributed by atoms with Crippen LogP contribution in [-0.4, -0.2) is 32.0 Å². The molecule has 4 nitrogen and oxygen atoms in total. The maximum absolute atomic E-state index is 11.5. The Balaban J connectivity index is 2.05. The monoisotopic (exact) mass is 216 g/mol. The minimum atomic E-state index is -3.15. The minimum absolute atomic E-state index is 0.171. The van der Waals surface area contributed by atoms with Gasteiger partial charge in [-0.1, -0.05) is 6.92 Å². The van der Waals surface area contributed by atoms with Crippen molar-refractivity contribution in [2.24, 2.45) is 4.40 Å². The molecule has 2 rings (SSSR count). The topological polar surface area (TPSA) is 58.5 Å². The summed E-state index contributed by atoms with van der Waals surface area (Å²) in [5.41, 5.74) is 0.809. The molecular formula is C9H16N2O2S. The third-order valence-corrected chi connectivity index (χ3v) is 4.60. The van der Waals surface area contributed by atoms with Crippen LogP contribution < -0.4 is 5.32 Å². The van der Waals surface area contributed by atoms with Gasteiger partial charge in [-0.3, -0.25) is 0 Å². The molecule has 0 radical (unpaired) electrons. The van der Waals surface area contributed by atoms with Gasteiger partial charge >= 0.3 is 0 Å². The molecule has 1 aliphatic heterocycles. The number of sulfonamides is 1. The van der Waals surface area contributed by atoms with E-state index in [2.05, 4.69) is 16.6 Å². The van der Waals surface area contributed by atoms with Crippen LogP contribution in [0.1, 0.15) is 32.6 Å². The van der Waals surface area contributed by atoms with E-state index in [0.717, 1.165) is 31.4 Å². The Labute approximate surface area is 84.9 Å². The molecule has 0 amide bonds. The normalized spacial score (nSPS) is 31.2. The molecule has 2 aliphatic rings. The highest BCUT2D eigenvalue weighted by Gasteiger charge is 2.36. The van der Waals surface area contributed by atoms with Crippen molar-refractivity contribution in [2.45, 2.75) is 43.9 Å². The van der Waals surface area contributed by atoms with Gasteiger partial charge in [-0.2, -0.15) is 4.40 Å². The molecule has 14 heavy (non-hydrogen) atoms. The van der Waals surface area contributed by atoms with Crippen molar-refractivity contribution >= 4 is 15.7 Å². The van der Waals surface area contributed by atoms with Gasteiger partial charge in [-0.15, -0.1) is 0 Å². The predicted molar refractivity (Wildman–Crippen MR) is 56.1 cm³/mol. The van der Waals surface area contributed by atoms with Gasteiger partial charge in [0, 0.05) is 24.7 Å². The van der Waals surface area contributed by atoms with Gasteiger partial charge in [0.05, 0.1) is 5.25 Å². The first-order valence-corrected chi connectivity index (χ1v) is 6.67. The summed E-state index contributed by atoms with van der Waals surface area (Å²) in [7, 11) is -3.15. The van der Waals surface area contributed by atoms with Crippen LogP contribution in [0.5, 0.6) is 0 Å². The molecule has 0 aromatic heterocycles. The highest BCUT2D eigenvalue weighted by Crippen LogP contribution is 2.30. The number of nitrogens with zero attached hydrogens (tertiary/aromatic N) is 1. The van der Waals surface area contributed by atoms with E-state index in [1.54, 1.807) is 0 Å². The summed E-state index contributed by atoms with van der Waals surface area (Å²) in [6, 6.07) is 0.420. The smallest absolute Gasteiger partial charge is 0.255 e. The second-order valence-electron chi connectivity index (χ2n) is 4.06. The molecule has 1 heterocycles. The Hall–Kier alpha value is -0.420. The Kier molecular flexibility index (Phi) is 2.62. The predicted octanol–water partition coefficient (Wildman–Crippen LogP) is 0.692. The molecule has 5 heteroatoms. The zero-order chi connectivity index (χ0) is 10.2. The maximum atomic E-state index is 11.5. The van der Waals surface area contributed by atoms with Crippen molar-refractivity contribution < 1.29 is 8.42 Å². The lowest BCUT2D eigenvalue weighted by molar-refractivity contribution is 0.592. The summed E-state index contributed by atoms with van der Waals surface area (Å²) in [5.74, 6) is 0. The molecular weight excluding hydrogens is 200 g/mol. The lowest BCUT2D eigenvalue weighted by Gasteiger charge is -2.01. The molecule has 0 aromatic rings. The Bertz CT molecular complexity index is 344. The standard InChI is InChI=1S/C9H16N2O2S/c1-2-7-5-8(6-10-7)11-14(12,13)9-3-4-9/h7,9-10H,2-6H2,1H3/t7-/m1/s1. The lowest BCUT2D eigenvalue weighted by atomic mass is 10.2. The molecule has 0 unspecified atom stereocenters. The van der Waals surface area contributed by atoms with Crippen LogP contribution in [0.3, 0.4) is 0 Å². The Morgan fingerprint density at radius 3 is 2.71 bits per heavy atom. The van der Waals surface area contributed by atoms with Crippen molar-refractivity contribution in [1.29, 1.82) is 0 Å². The van der Waals surface area contributed by atoms with Crippen molar-refractivity contribution in [2.75, 3.05) is 6.54 Å². The molecule has 1 saturated heterocycles. The van der Waals surface area contributed by atoms with Crippen LogP contribution in [0, 0.1) is 0 Å². The molecule has 80 valence electrons. The first-order chi connectivity index (χ1) is 6.62. The van der Waals surface area contributed by atoms with Crippen molar-refractivity contribution in [3.63, 3.8) is 0 Å². The van der Waals surface area contributed by atoms with E-state index in [1.807, 2.05) is 0 Å². The van der Waals surface area contributed by atoms with Gasteiger partial charge < -0.3 is 5.32 Å². The second-order valence-corrected chi connectivity index (χ2v) is 5.94. The number of rotatable bonds is 3. The van der Waals surface area contributed by atoms with E-state index < -0.39 is 10.0 Å². The fourth-order valence-corrected chi connectivity index (χ4v) is 3.05. The average molecular weight is 216 g/mol. The highest BCUT2D eigenvalue weighted by molar-refractivity contribution is 7.91. The van der Waals surface area contributed by atoms with E-state index in [-0.39, 0.29) is 5.25 Å². The van der Waals surface area contributed by atoms with Crippen LogP contribution in [0.2, 0.25) is 0 Å². The molecule has 0 spiro atoms. The van der Waals surface area contributed by atoms with Crippen LogP contribution in [0.25, 0.3) is 0 Å². The first-order valence-electron chi connectivity index (χ1n) is 5.16. The summed E-state index contributed by atoms with van der Waals surface area (Å²) < 4.78 is 27.0.